The third kappa shape index (κ3) is 5.08. The van der Waals surface area contributed by atoms with Gasteiger partial charge in [-0.1, -0.05) is 12.1 Å². The molecule has 3 heterocycles. The highest BCUT2D eigenvalue weighted by molar-refractivity contribution is 6.34. The van der Waals surface area contributed by atoms with Crippen LogP contribution < -0.4 is 10.9 Å². The number of nitrogens with one attached hydrogen (secondary N) is 1. The quantitative estimate of drug-likeness (QED) is 0.570. The van der Waals surface area contributed by atoms with Gasteiger partial charge in [0.05, 0.1) is 0 Å². The molecular weight excluding hydrogens is 471 g/mol. The van der Waals surface area contributed by atoms with Gasteiger partial charge in [0.15, 0.2) is 5.69 Å². The van der Waals surface area contributed by atoms with Crippen LogP contribution in [0.1, 0.15) is 40.8 Å². The Morgan fingerprint density at radius 2 is 1.81 bits per heavy atom. The van der Waals surface area contributed by atoms with Crippen LogP contribution in [0, 0.1) is 5.82 Å². The van der Waals surface area contributed by atoms with Gasteiger partial charge in [0, 0.05) is 46.3 Å². The molecule has 1 atom stereocenters. The maximum Gasteiger partial charge on any atom is 0.312 e. The molecule has 2 aromatic rings. The molecule has 2 aliphatic heterocycles. The summed E-state index contributed by atoms with van der Waals surface area (Å²) in [4.78, 5) is 60.7. The van der Waals surface area contributed by atoms with Gasteiger partial charge in [-0.2, -0.15) is 0 Å². The number of hydrogen-bond donors (Lipinski definition) is 2. The lowest BCUT2D eigenvalue weighted by Gasteiger charge is -2.30. The molecule has 0 saturated carbocycles. The van der Waals surface area contributed by atoms with Crippen molar-refractivity contribution in [1.82, 2.24) is 29.6 Å². The molecule has 192 valence electrons. The molecule has 0 bridgehead atoms. The number of carbonyl (C=O) groups excluding carboxylic acids is 3. The van der Waals surface area contributed by atoms with Gasteiger partial charge in [-0.15, -0.1) is 0 Å². The van der Waals surface area contributed by atoms with E-state index in [4.69, 9.17) is 0 Å². The number of rotatable bonds is 4. The summed E-state index contributed by atoms with van der Waals surface area (Å²) in [5.41, 5.74) is -0.672. The molecule has 12 heteroatoms. The van der Waals surface area contributed by atoms with E-state index in [0.29, 0.717) is 25.2 Å². The summed E-state index contributed by atoms with van der Waals surface area (Å²) >= 11 is 0. The van der Waals surface area contributed by atoms with Gasteiger partial charge in [-0.05, 0) is 37.6 Å². The first-order valence-corrected chi connectivity index (χ1v) is 11.8. The van der Waals surface area contributed by atoms with Crippen molar-refractivity contribution >= 4 is 17.7 Å². The van der Waals surface area contributed by atoms with E-state index in [0.717, 1.165) is 12.8 Å². The number of likely N-dealkylation sites (tertiary alicyclic amines) is 1. The summed E-state index contributed by atoms with van der Waals surface area (Å²) < 4.78 is 14.4. The lowest BCUT2D eigenvalue weighted by Crippen LogP contribution is -2.46. The second-order valence-electron chi connectivity index (χ2n) is 9.13. The molecule has 0 radical (unpaired) electrons. The number of carbonyl (C=O) groups is 3. The number of likely N-dealkylation sites (N-methyl/N-ethyl adjacent to an activating group) is 2. The minimum atomic E-state index is -0.812. The molecule has 1 aromatic carbocycles. The maximum atomic E-state index is 13.1. The first-order chi connectivity index (χ1) is 17.2. The Morgan fingerprint density at radius 3 is 2.47 bits per heavy atom. The van der Waals surface area contributed by atoms with Crippen LogP contribution in [0.5, 0.6) is 5.75 Å². The first kappa shape index (κ1) is 25.3. The third-order valence-electron chi connectivity index (χ3n) is 6.61. The van der Waals surface area contributed by atoms with Crippen molar-refractivity contribution in [3.8, 4) is 5.75 Å². The van der Waals surface area contributed by atoms with Gasteiger partial charge in [0.1, 0.15) is 17.7 Å². The number of hydrogen-bond acceptors (Lipinski definition) is 7. The summed E-state index contributed by atoms with van der Waals surface area (Å²) in [5.74, 6) is -3.25. The maximum absolute atomic E-state index is 13.1. The molecule has 2 aliphatic rings. The normalized spacial score (nSPS) is 17.9. The fourth-order valence-electron chi connectivity index (χ4n) is 4.44. The Kier molecular flexibility index (Phi) is 7.34. The molecule has 36 heavy (non-hydrogen) atoms. The number of benzene rings is 1. The van der Waals surface area contributed by atoms with E-state index in [1.807, 2.05) is 4.90 Å². The minimum absolute atomic E-state index is 0.0214. The van der Waals surface area contributed by atoms with Crippen molar-refractivity contribution < 1.29 is 23.9 Å². The largest absolute Gasteiger partial charge is 0.501 e. The third-order valence-corrected chi connectivity index (χ3v) is 6.61. The molecular formula is C24H29FN6O5. The molecule has 1 unspecified atom stereocenters. The Balaban J connectivity index is 1.64. The zero-order valence-corrected chi connectivity index (χ0v) is 20.2. The number of nitrogens with zero attached hydrogens (tertiary/aromatic N) is 5. The van der Waals surface area contributed by atoms with Gasteiger partial charge >= 0.3 is 11.8 Å². The standard InChI is InChI=1S/C24H29FN6O5/c1-28-11-12-31-20(17(14-28)29(2)23(35)24(36)30-9-3-4-10-30)27-18(19(32)22(31)34)21(33)26-13-15-5-7-16(25)8-6-15/h5-8,17,32H,3-4,9-14H2,1-2H3,(H,26,33). The van der Waals surface area contributed by atoms with Crippen LogP contribution in [0.25, 0.3) is 0 Å². The van der Waals surface area contributed by atoms with Crippen LogP contribution in [0.3, 0.4) is 0 Å². The van der Waals surface area contributed by atoms with Crippen LogP contribution in [0.15, 0.2) is 29.1 Å². The molecule has 0 spiro atoms. The van der Waals surface area contributed by atoms with E-state index in [1.54, 1.807) is 7.05 Å². The molecule has 2 N–H and O–H groups in total. The summed E-state index contributed by atoms with van der Waals surface area (Å²) in [7, 11) is 3.28. The SMILES string of the molecule is CN1CCn2c(nc(C(=O)NCc3ccc(F)cc3)c(O)c2=O)C(N(C)C(=O)C(=O)N2CCCC2)C1. The molecule has 1 fully saturated rings. The Morgan fingerprint density at radius 1 is 1.14 bits per heavy atom. The Labute approximate surface area is 207 Å². The molecule has 11 nitrogen and oxygen atoms in total. The van der Waals surface area contributed by atoms with Crippen molar-refractivity contribution in [2.45, 2.75) is 32.0 Å². The highest BCUT2D eigenvalue weighted by Gasteiger charge is 2.36. The van der Waals surface area contributed by atoms with Crippen LogP contribution in [-0.2, 0) is 22.7 Å². The monoisotopic (exact) mass is 500 g/mol. The highest BCUT2D eigenvalue weighted by atomic mass is 19.1. The van der Waals surface area contributed by atoms with Gasteiger partial charge in [0.2, 0.25) is 5.75 Å². The summed E-state index contributed by atoms with van der Waals surface area (Å²) in [6.07, 6.45) is 1.68. The van der Waals surface area contributed by atoms with Crippen LogP contribution in [0.2, 0.25) is 0 Å². The van der Waals surface area contributed by atoms with Crippen LogP contribution >= 0.6 is 0 Å². The first-order valence-electron chi connectivity index (χ1n) is 11.8. The minimum Gasteiger partial charge on any atom is -0.501 e. The van der Waals surface area contributed by atoms with Gasteiger partial charge in [-0.25, -0.2) is 9.37 Å². The Bertz CT molecular complexity index is 1220. The second kappa shape index (κ2) is 10.4. The summed E-state index contributed by atoms with van der Waals surface area (Å²) in [5, 5.41) is 13.1. The van der Waals surface area contributed by atoms with Crippen molar-refractivity contribution in [2.24, 2.45) is 0 Å². The molecule has 4 rings (SSSR count). The fourth-order valence-corrected chi connectivity index (χ4v) is 4.44. The Hall–Kier alpha value is -3.80. The summed E-state index contributed by atoms with van der Waals surface area (Å²) in [6.45, 7) is 1.94. The predicted octanol–water partition coefficient (Wildman–Crippen LogP) is 0.0853. The zero-order valence-electron chi connectivity index (χ0n) is 20.2. The van der Waals surface area contributed by atoms with Crippen molar-refractivity contribution in [1.29, 1.82) is 0 Å². The number of aromatic nitrogens is 2. The lowest BCUT2D eigenvalue weighted by molar-refractivity contribution is -0.152. The van der Waals surface area contributed by atoms with E-state index in [9.17, 15) is 28.7 Å². The average molecular weight is 501 g/mol. The number of aromatic hydroxyl groups is 1. The second-order valence-corrected chi connectivity index (χ2v) is 9.13. The molecule has 0 aliphatic carbocycles. The number of fused-ring (bicyclic) bond motifs is 1. The van der Waals surface area contributed by atoms with Crippen LogP contribution in [0.4, 0.5) is 4.39 Å². The smallest absolute Gasteiger partial charge is 0.312 e. The van der Waals surface area contributed by atoms with E-state index in [2.05, 4.69) is 10.3 Å². The molecule has 1 saturated heterocycles. The summed E-state index contributed by atoms with van der Waals surface area (Å²) in [6, 6.07) is 4.69. The molecule has 1 aromatic heterocycles. The number of halogens is 1. The lowest BCUT2D eigenvalue weighted by atomic mass is 10.2. The molecule has 3 amide bonds. The van der Waals surface area contributed by atoms with Crippen molar-refractivity contribution in [2.75, 3.05) is 40.3 Å². The number of amides is 3. The van der Waals surface area contributed by atoms with E-state index >= 15 is 0 Å². The van der Waals surface area contributed by atoms with Crippen molar-refractivity contribution in [3.05, 3.63) is 57.5 Å². The highest BCUT2D eigenvalue weighted by Crippen LogP contribution is 2.24. The topological polar surface area (TPSA) is 128 Å². The van der Waals surface area contributed by atoms with Gasteiger partial charge in [-0.3, -0.25) is 23.7 Å². The van der Waals surface area contributed by atoms with Gasteiger partial charge < -0.3 is 25.1 Å². The van der Waals surface area contributed by atoms with Crippen molar-refractivity contribution in [3.63, 3.8) is 0 Å². The predicted molar refractivity (Wildman–Crippen MR) is 127 cm³/mol. The van der Waals surface area contributed by atoms with E-state index < -0.39 is 46.6 Å². The van der Waals surface area contributed by atoms with Gasteiger partial charge in [0.25, 0.3) is 11.5 Å². The van der Waals surface area contributed by atoms with E-state index in [-0.39, 0.29) is 25.5 Å². The fraction of sp³-hybridized carbons (Fsp3) is 0.458. The van der Waals surface area contributed by atoms with E-state index in [1.165, 1.54) is 45.7 Å². The average Bonchev–Trinajstić information content (AvgIpc) is 3.35. The zero-order chi connectivity index (χ0) is 26.0. The van der Waals surface area contributed by atoms with Crippen LogP contribution in [-0.4, -0.2) is 87.4 Å².